The van der Waals surface area contributed by atoms with E-state index < -0.39 is 5.97 Å². The average molecular weight is 542 g/mol. The first-order chi connectivity index (χ1) is 18.9. The van der Waals surface area contributed by atoms with E-state index in [1.807, 2.05) is 24.3 Å². The van der Waals surface area contributed by atoms with Crippen molar-refractivity contribution in [2.45, 2.75) is 79.2 Å². The van der Waals surface area contributed by atoms with Crippen molar-refractivity contribution in [3.8, 4) is 5.75 Å². The second kappa shape index (κ2) is 10.4. The molecule has 0 fully saturated rings. The molecule has 1 heterocycles. The zero-order chi connectivity index (χ0) is 28.8. The molecule has 0 spiro atoms. The summed E-state index contributed by atoms with van der Waals surface area (Å²) >= 11 is 0. The largest absolute Gasteiger partial charge is 0.489 e. The van der Waals surface area contributed by atoms with Crippen molar-refractivity contribution in [3.05, 3.63) is 87.8 Å². The van der Waals surface area contributed by atoms with Gasteiger partial charge in [0.15, 0.2) is 11.6 Å². The fourth-order valence-corrected chi connectivity index (χ4v) is 6.54. The van der Waals surface area contributed by atoms with Crippen LogP contribution in [0.4, 0.5) is 0 Å². The topological polar surface area (TPSA) is 83.9 Å². The molecule has 210 valence electrons. The minimum absolute atomic E-state index is 0.126. The number of ether oxygens (including phenoxy) is 1. The summed E-state index contributed by atoms with van der Waals surface area (Å²) in [6.07, 6.45) is 3.53. The summed E-state index contributed by atoms with van der Waals surface area (Å²) in [5, 5.41) is 9.10. The van der Waals surface area contributed by atoms with Crippen LogP contribution < -0.4 is 4.74 Å². The number of Topliss-reactive ketones (excluding diaryl/α,β-unsaturated/α-hetero) is 2. The van der Waals surface area contributed by atoms with Crippen LogP contribution in [0.5, 0.6) is 5.75 Å². The quantitative estimate of drug-likeness (QED) is 0.404. The van der Waals surface area contributed by atoms with Crippen molar-refractivity contribution in [3.63, 3.8) is 0 Å². The van der Waals surface area contributed by atoms with Crippen LogP contribution in [0.3, 0.4) is 0 Å². The smallest absolute Gasteiger partial charge is 0.335 e. The van der Waals surface area contributed by atoms with Crippen molar-refractivity contribution >= 4 is 17.5 Å². The maximum absolute atomic E-state index is 13.8. The third kappa shape index (κ3) is 5.36. The van der Waals surface area contributed by atoms with Crippen LogP contribution in [-0.2, 0) is 16.2 Å². The molecule has 0 amide bonds. The predicted octanol–water partition coefficient (Wildman–Crippen LogP) is 7.06. The first kappa shape index (κ1) is 27.9. The van der Waals surface area contributed by atoms with Gasteiger partial charge in [0, 0.05) is 47.8 Å². The van der Waals surface area contributed by atoms with E-state index in [4.69, 9.17) is 9.84 Å². The molecule has 6 nitrogen and oxygen atoms in total. The Morgan fingerprint density at radius 3 is 1.85 bits per heavy atom. The minimum atomic E-state index is -0.958. The first-order valence-electron chi connectivity index (χ1n) is 14.2. The van der Waals surface area contributed by atoms with Gasteiger partial charge in [0.2, 0.25) is 0 Å². The SMILES string of the molecule is CCCN1C2=C(C(=O)CC(C)(C)C2)C(c2ccc(OCc3ccc(C(=O)O)cc3)cc2)C2=C1CC(C)(C)CC2=O. The zero-order valence-corrected chi connectivity index (χ0v) is 24.2. The summed E-state index contributed by atoms with van der Waals surface area (Å²) < 4.78 is 5.98. The molecule has 5 rings (SSSR count). The Morgan fingerprint density at radius 2 is 1.38 bits per heavy atom. The number of allylic oxidation sites excluding steroid dienone is 4. The van der Waals surface area contributed by atoms with Gasteiger partial charge >= 0.3 is 5.97 Å². The highest BCUT2D eigenvalue weighted by molar-refractivity contribution is 6.06. The molecule has 0 unspecified atom stereocenters. The van der Waals surface area contributed by atoms with Crippen LogP contribution in [-0.4, -0.2) is 34.1 Å². The summed E-state index contributed by atoms with van der Waals surface area (Å²) in [6, 6.07) is 14.4. The van der Waals surface area contributed by atoms with Gasteiger partial charge in [-0.1, -0.05) is 58.9 Å². The standard InChI is InChI=1S/C34H39NO5/c1-6-15-35-25-16-33(2,3)18-27(36)30(25)29(31-26(35)17-34(4,5)19-28(31)37)22-11-13-24(14-12-22)40-20-21-7-9-23(10-8-21)32(38)39/h7-14,29H,6,15-20H2,1-5H3,(H,38,39). The van der Waals surface area contributed by atoms with Gasteiger partial charge in [-0.2, -0.15) is 0 Å². The summed E-state index contributed by atoms with van der Waals surface area (Å²) in [5.41, 5.74) is 5.59. The Labute approximate surface area is 236 Å². The summed E-state index contributed by atoms with van der Waals surface area (Å²) in [7, 11) is 0. The molecule has 0 radical (unpaired) electrons. The Morgan fingerprint density at radius 1 is 0.850 bits per heavy atom. The molecule has 40 heavy (non-hydrogen) atoms. The Balaban J connectivity index is 1.51. The van der Waals surface area contributed by atoms with Crippen molar-refractivity contribution in [1.82, 2.24) is 4.90 Å². The van der Waals surface area contributed by atoms with Crippen LogP contribution in [0.15, 0.2) is 71.1 Å². The van der Waals surface area contributed by atoms with Gasteiger partial charge in [-0.15, -0.1) is 0 Å². The molecule has 2 aromatic carbocycles. The number of carboxylic acids is 1. The normalized spacial score (nSPS) is 20.4. The number of hydrogen-bond donors (Lipinski definition) is 1. The Kier molecular flexibility index (Phi) is 7.24. The molecule has 0 saturated carbocycles. The van der Waals surface area contributed by atoms with Gasteiger partial charge in [-0.25, -0.2) is 4.79 Å². The Hall–Kier alpha value is -3.67. The second-order valence-corrected chi connectivity index (χ2v) is 13.0. The van der Waals surface area contributed by atoms with Crippen LogP contribution in [0.25, 0.3) is 0 Å². The zero-order valence-electron chi connectivity index (χ0n) is 24.2. The van der Waals surface area contributed by atoms with Gasteiger partial charge in [0.05, 0.1) is 5.56 Å². The number of ketones is 2. The molecule has 1 aliphatic heterocycles. The van der Waals surface area contributed by atoms with Crippen molar-refractivity contribution < 1.29 is 24.2 Å². The second-order valence-electron chi connectivity index (χ2n) is 13.0. The van der Waals surface area contributed by atoms with Crippen molar-refractivity contribution in [2.24, 2.45) is 10.8 Å². The van der Waals surface area contributed by atoms with Gasteiger partial charge in [-0.3, -0.25) is 9.59 Å². The maximum atomic E-state index is 13.8. The van der Waals surface area contributed by atoms with E-state index in [0.29, 0.717) is 25.2 Å². The van der Waals surface area contributed by atoms with E-state index in [-0.39, 0.29) is 33.9 Å². The molecule has 0 atom stereocenters. The molecule has 0 bridgehead atoms. The third-order valence-electron chi connectivity index (χ3n) is 8.29. The molecule has 0 saturated heterocycles. The number of benzene rings is 2. The lowest BCUT2D eigenvalue weighted by Crippen LogP contribution is -2.44. The predicted molar refractivity (Wildman–Crippen MR) is 154 cm³/mol. The van der Waals surface area contributed by atoms with Gasteiger partial charge < -0.3 is 14.7 Å². The number of hydrogen-bond acceptors (Lipinski definition) is 5. The van der Waals surface area contributed by atoms with E-state index >= 15 is 0 Å². The monoisotopic (exact) mass is 541 g/mol. The van der Waals surface area contributed by atoms with Crippen LogP contribution in [0.2, 0.25) is 0 Å². The Bertz CT molecular complexity index is 1360. The molecular weight excluding hydrogens is 502 g/mol. The first-order valence-corrected chi connectivity index (χ1v) is 14.2. The lowest BCUT2D eigenvalue weighted by atomic mass is 9.63. The van der Waals surface area contributed by atoms with E-state index in [1.165, 1.54) is 0 Å². The van der Waals surface area contributed by atoms with E-state index in [0.717, 1.165) is 59.5 Å². The van der Waals surface area contributed by atoms with E-state index in [1.54, 1.807) is 24.3 Å². The number of carbonyl (C=O) groups is 3. The molecule has 2 aromatic rings. The number of nitrogens with zero attached hydrogens (tertiary/aromatic N) is 1. The highest BCUT2D eigenvalue weighted by atomic mass is 16.5. The van der Waals surface area contributed by atoms with Crippen LogP contribution >= 0.6 is 0 Å². The van der Waals surface area contributed by atoms with E-state index in [2.05, 4.69) is 39.5 Å². The third-order valence-corrected chi connectivity index (χ3v) is 8.29. The maximum Gasteiger partial charge on any atom is 0.335 e. The van der Waals surface area contributed by atoms with Gasteiger partial charge in [-0.05, 0) is 65.5 Å². The number of aromatic carboxylic acids is 1. The molecule has 6 heteroatoms. The lowest BCUT2D eigenvalue weighted by Gasteiger charge is -2.49. The van der Waals surface area contributed by atoms with Crippen LogP contribution in [0, 0.1) is 10.8 Å². The summed E-state index contributed by atoms with van der Waals surface area (Å²) in [4.78, 5) is 41.0. The fourth-order valence-electron chi connectivity index (χ4n) is 6.54. The van der Waals surface area contributed by atoms with Crippen LogP contribution in [0.1, 0.15) is 94.1 Å². The molecule has 2 aliphatic carbocycles. The van der Waals surface area contributed by atoms with Gasteiger partial charge in [0.25, 0.3) is 0 Å². The molecule has 3 aliphatic rings. The summed E-state index contributed by atoms with van der Waals surface area (Å²) in [5.74, 6) is -0.355. The average Bonchev–Trinajstić information content (AvgIpc) is 2.87. The van der Waals surface area contributed by atoms with Crippen molar-refractivity contribution in [1.29, 1.82) is 0 Å². The molecule has 0 aromatic heterocycles. The minimum Gasteiger partial charge on any atom is -0.489 e. The van der Waals surface area contributed by atoms with Gasteiger partial charge in [0.1, 0.15) is 12.4 Å². The number of rotatable bonds is 7. The lowest BCUT2D eigenvalue weighted by molar-refractivity contribution is -0.119. The summed E-state index contributed by atoms with van der Waals surface area (Å²) in [6.45, 7) is 11.9. The fraction of sp³-hybridized carbons (Fsp3) is 0.441. The number of carbonyl (C=O) groups excluding carboxylic acids is 2. The van der Waals surface area contributed by atoms with E-state index in [9.17, 15) is 14.4 Å². The molecule has 1 N–H and O–H groups in total. The number of carboxylic acid groups (broad SMARTS) is 1. The van der Waals surface area contributed by atoms with Crippen molar-refractivity contribution in [2.75, 3.05) is 6.54 Å². The highest BCUT2D eigenvalue weighted by Crippen LogP contribution is 2.54. The molecular formula is C34H39NO5. The highest BCUT2D eigenvalue weighted by Gasteiger charge is 2.48.